The van der Waals surface area contributed by atoms with Gasteiger partial charge in [0.1, 0.15) is 12.1 Å². The van der Waals surface area contributed by atoms with E-state index in [2.05, 4.69) is 73.8 Å². The highest BCUT2D eigenvalue weighted by molar-refractivity contribution is 7.10. The van der Waals surface area contributed by atoms with Crippen LogP contribution in [0.2, 0.25) is 0 Å². The van der Waals surface area contributed by atoms with E-state index in [1.165, 1.54) is 33.3 Å². The Morgan fingerprint density at radius 2 is 1.90 bits per heavy atom. The van der Waals surface area contributed by atoms with Crippen molar-refractivity contribution in [2.75, 3.05) is 40.3 Å². The number of hydrogen-bond donors (Lipinski definition) is 2. The van der Waals surface area contributed by atoms with Gasteiger partial charge in [-0.15, -0.1) is 11.3 Å². The Morgan fingerprint density at radius 1 is 1.13 bits per heavy atom. The lowest BCUT2D eigenvalue weighted by Gasteiger charge is -2.35. The van der Waals surface area contributed by atoms with Crippen molar-refractivity contribution < 1.29 is 23.9 Å². The van der Waals surface area contributed by atoms with Crippen LogP contribution in [0.3, 0.4) is 0 Å². The third-order valence-corrected chi connectivity index (χ3v) is 13.7. The number of thiazole rings is 1. The second-order valence-corrected chi connectivity index (χ2v) is 18.9. The van der Waals surface area contributed by atoms with Crippen LogP contribution < -0.4 is 10.7 Å². The SMILES string of the molecule is C=CC(=O)N1CC[C@H](C(=O)N(C)[C@H](C(=O)N[C@@H](Cc2nc(-c3ccc4c(c3)c(CC(C)(C)CC)c(-c3cccnc3[C@H](C)OC)n4CC)cs2)C(=O)N2CCCCN2)C(C)C)C1. The standard InChI is InChI=1S/C48H66N8O5S/c1-11-41(57)54-24-20-33(28-54)46(59)53(9)43(30(4)5)45(58)52-37(47(60)56-23-15-14-22-50-56)26-40-51-38(29-62-40)32-18-19-39-35(25-32)36(27-48(7,8)12-2)44(55(39)13-3)34-17-16-21-49-42(34)31(6)61-10/h11,16-19,21,25,29-31,33,37,43,50H,1,12-15,20,22-24,26-28H2,2-10H3,(H,52,58)/t31-,33-,37-,43-/m0/s1. The van der Waals surface area contributed by atoms with Crippen molar-refractivity contribution in [2.24, 2.45) is 17.3 Å². The largest absolute Gasteiger partial charge is 0.375 e. The second-order valence-electron chi connectivity index (χ2n) is 17.9. The van der Waals surface area contributed by atoms with Gasteiger partial charge in [-0.2, -0.15) is 0 Å². The van der Waals surface area contributed by atoms with E-state index in [4.69, 9.17) is 14.7 Å². The molecule has 62 heavy (non-hydrogen) atoms. The first kappa shape index (κ1) is 46.6. The third-order valence-electron chi connectivity index (χ3n) is 12.8. The number of aryl methyl sites for hydroxylation is 1. The number of nitrogens with zero attached hydrogens (tertiary/aromatic N) is 6. The molecule has 334 valence electrons. The van der Waals surface area contributed by atoms with Crippen LogP contribution in [0.25, 0.3) is 33.4 Å². The molecular weight excluding hydrogens is 801 g/mol. The molecule has 0 unspecified atom stereocenters. The predicted molar refractivity (Wildman–Crippen MR) is 246 cm³/mol. The van der Waals surface area contributed by atoms with Crippen LogP contribution in [0.4, 0.5) is 0 Å². The van der Waals surface area contributed by atoms with E-state index in [1.54, 1.807) is 24.1 Å². The van der Waals surface area contributed by atoms with Gasteiger partial charge in [0, 0.05) is 86.9 Å². The summed E-state index contributed by atoms with van der Waals surface area (Å²) in [6.07, 6.45) is 7.29. The number of likely N-dealkylation sites (tertiary alicyclic amines) is 1. The molecule has 0 saturated carbocycles. The van der Waals surface area contributed by atoms with Gasteiger partial charge in [-0.1, -0.05) is 53.7 Å². The molecule has 0 radical (unpaired) electrons. The van der Waals surface area contributed by atoms with Gasteiger partial charge in [0.2, 0.25) is 17.7 Å². The third kappa shape index (κ3) is 9.97. The van der Waals surface area contributed by atoms with Crippen LogP contribution >= 0.6 is 11.3 Å². The van der Waals surface area contributed by atoms with Crippen molar-refractivity contribution in [1.29, 1.82) is 0 Å². The van der Waals surface area contributed by atoms with Crippen LogP contribution in [-0.4, -0.2) is 105 Å². The minimum atomic E-state index is -0.918. The number of hydrazine groups is 1. The first-order chi connectivity index (χ1) is 29.6. The first-order valence-corrected chi connectivity index (χ1v) is 23.1. The zero-order chi connectivity index (χ0) is 44.9. The molecule has 1 aromatic carbocycles. The summed E-state index contributed by atoms with van der Waals surface area (Å²) < 4.78 is 8.19. The number of benzene rings is 1. The Kier molecular flexibility index (Phi) is 15.1. The summed E-state index contributed by atoms with van der Waals surface area (Å²) in [5.74, 6) is -1.72. The molecule has 2 fully saturated rings. The first-order valence-electron chi connectivity index (χ1n) is 22.2. The van der Waals surface area contributed by atoms with Crippen LogP contribution in [0.15, 0.2) is 54.6 Å². The summed E-state index contributed by atoms with van der Waals surface area (Å²) in [5, 5.41) is 8.59. The predicted octanol–water partition coefficient (Wildman–Crippen LogP) is 7.20. The fraction of sp³-hybridized carbons (Fsp3) is 0.542. The molecule has 0 spiro atoms. The zero-order valence-electron chi connectivity index (χ0n) is 38.1. The van der Waals surface area contributed by atoms with Crippen LogP contribution in [-0.2, 0) is 43.3 Å². The van der Waals surface area contributed by atoms with Gasteiger partial charge in [0.25, 0.3) is 5.91 Å². The Labute approximate surface area is 371 Å². The molecule has 13 nitrogen and oxygen atoms in total. The van der Waals surface area contributed by atoms with E-state index in [0.717, 1.165) is 66.0 Å². The van der Waals surface area contributed by atoms with Gasteiger partial charge in [0.15, 0.2) is 0 Å². The number of amides is 4. The maximum atomic E-state index is 14.3. The molecule has 14 heteroatoms. The fourth-order valence-electron chi connectivity index (χ4n) is 8.93. The number of rotatable bonds is 17. The average Bonchev–Trinajstić information content (AvgIpc) is 4.03. The topological polar surface area (TPSA) is 142 Å². The van der Waals surface area contributed by atoms with Gasteiger partial charge < -0.3 is 24.4 Å². The molecule has 6 rings (SSSR count). The fourth-order valence-corrected chi connectivity index (χ4v) is 9.78. The Morgan fingerprint density at radius 3 is 2.56 bits per heavy atom. The number of hydrogen-bond acceptors (Lipinski definition) is 9. The van der Waals surface area contributed by atoms with Gasteiger partial charge in [-0.25, -0.2) is 10.4 Å². The lowest BCUT2D eigenvalue weighted by atomic mass is 9.81. The van der Waals surface area contributed by atoms with E-state index < -0.39 is 23.9 Å². The normalized spacial score (nSPS) is 17.3. The number of methoxy groups -OCH3 is 1. The van der Waals surface area contributed by atoms with Crippen molar-refractivity contribution in [2.45, 2.75) is 112 Å². The van der Waals surface area contributed by atoms with Gasteiger partial charge in [-0.3, -0.25) is 29.2 Å². The summed E-state index contributed by atoms with van der Waals surface area (Å²) >= 11 is 1.47. The molecule has 5 heterocycles. The molecule has 3 aromatic heterocycles. The number of pyridine rings is 1. The molecule has 2 saturated heterocycles. The van der Waals surface area contributed by atoms with E-state index in [0.29, 0.717) is 31.1 Å². The highest BCUT2D eigenvalue weighted by Gasteiger charge is 2.39. The maximum Gasteiger partial charge on any atom is 0.259 e. The van der Waals surface area contributed by atoms with Crippen molar-refractivity contribution in [3.05, 3.63) is 70.8 Å². The molecule has 0 aliphatic carbocycles. The zero-order valence-corrected chi connectivity index (χ0v) is 38.9. The highest BCUT2D eigenvalue weighted by atomic mass is 32.1. The van der Waals surface area contributed by atoms with Gasteiger partial charge >= 0.3 is 0 Å². The Hall–Kier alpha value is -4.92. The number of aromatic nitrogens is 3. The van der Waals surface area contributed by atoms with Crippen LogP contribution in [0.5, 0.6) is 0 Å². The molecule has 4 atom stereocenters. The van der Waals surface area contributed by atoms with Crippen LogP contribution in [0, 0.1) is 17.3 Å². The second kappa shape index (κ2) is 20.1. The number of carbonyl (C=O) groups excluding carboxylic acids is 4. The summed E-state index contributed by atoms with van der Waals surface area (Å²) in [5.41, 5.74) is 10.6. The minimum Gasteiger partial charge on any atom is -0.375 e. The molecule has 4 amide bonds. The number of carbonyl (C=O) groups is 4. The number of ether oxygens (including phenoxy) is 1. The molecule has 2 aliphatic rings. The molecule has 4 aromatic rings. The quantitative estimate of drug-likeness (QED) is 0.106. The lowest BCUT2D eigenvalue weighted by Crippen LogP contribution is -2.59. The monoisotopic (exact) mass is 866 g/mol. The van der Waals surface area contributed by atoms with E-state index in [9.17, 15) is 19.2 Å². The highest BCUT2D eigenvalue weighted by Crippen LogP contribution is 2.42. The summed E-state index contributed by atoms with van der Waals surface area (Å²) in [7, 11) is 3.36. The number of nitrogens with one attached hydrogen (secondary N) is 2. The lowest BCUT2D eigenvalue weighted by molar-refractivity contribution is -0.145. The van der Waals surface area contributed by atoms with E-state index in [-0.39, 0.29) is 48.1 Å². The van der Waals surface area contributed by atoms with Crippen LogP contribution in [0.1, 0.15) is 96.5 Å². The number of fused-ring (bicyclic) bond motifs is 1. The molecule has 2 aliphatic heterocycles. The molecular formula is C48H66N8O5S. The summed E-state index contributed by atoms with van der Waals surface area (Å²) in [6.45, 7) is 21.2. The molecule has 0 bridgehead atoms. The smallest absolute Gasteiger partial charge is 0.259 e. The van der Waals surface area contributed by atoms with E-state index >= 15 is 0 Å². The van der Waals surface area contributed by atoms with E-state index in [1.807, 2.05) is 38.4 Å². The van der Waals surface area contributed by atoms with Gasteiger partial charge in [-0.05, 0) is 86.8 Å². The van der Waals surface area contributed by atoms with Crippen molar-refractivity contribution in [3.8, 4) is 22.5 Å². The average molecular weight is 867 g/mol. The minimum absolute atomic E-state index is 0.0378. The van der Waals surface area contributed by atoms with Crippen molar-refractivity contribution in [1.82, 2.24) is 40.1 Å². The Balaban J connectivity index is 1.32. The summed E-state index contributed by atoms with van der Waals surface area (Å²) in [6, 6.07) is 8.96. The summed E-state index contributed by atoms with van der Waals surface area (Å²) in [4.78, 5) is 67.5. The van der Waals surface area contributed by atoms with Crippen molar-refractivity contribution in [3.63, 3.8) is 0 Å². The Bertz CT molecular complexity index is 2260. The van der Waals surface area contributed by atoms with Gasteiger partial charge in [0.05, 0.1) is 34.1 Å². The molecule has 2 N–H and O–H groups in total. The van der Waals surface area contributed by atoms with Crippen molar-refractivity contribution >= 4 is 45.9 Å². The maximum absolute atomic E-state index is 14.3. The number of likely N-dealkylation sites (N-methyl/N-ethyl adjacent to an activating group) is 1.